The van der Waals surface area contributed by atoms with Gasteiger partial charge in [0.15, 0.2) is 4.77 Å². The minimum absolute atomic E-state index is 0.747. The average molecular weight is 281 g/mol. The summed E-state index contributed by atoms with van der Waals surface area (Å²) in [6.45, 7) is 8.87. The number of nitrogens with one attached hydrogen (secondary N) is 1. The van der Waals surface area contributed by atoms with Crippen molar-refractivity contribution >= 4 is 18.2 Å². The maximum absolute atomic E-state index is 5.30. The largest absolute Gasteiger partial charge is 0.338 e. The number of H-pyrrole nitrogens is 1. The first-order chi connectivity index (χ1) is 9.28. The lowest BCUT2D eigenvalue weighted by molar-refractivity contribution is 0.246. The third kappa shape index (κ3) is 3.00. The Kier molecular flexibility index (Phi) is 3.88. The minimum atomic E-state index is 0.747. The van der Waals surface area contributed by atoms with E-state index in [-0.39, 0.29) is 0 Å². The van der Waals surface area contributed by atoms with Crippen LogP contribution in [-0.2, 0) is 6.54 Å². The van der Waals surface area contributed by atoms with Gasteiger partial charge in [-0.15, -0.1) is 5.10 Å². The molecule has 1 N–H and O–H groups in total. The maximum Gasteiger partial charge on any atom is 0.225 e. The smallest absolute Gasteiger partial charge is 0.225 e. The van der Waals surface area contributed by atoms with Gasteiger partial charge >= 0.3 is 0 Å². The Bertz CT molecular complexity index is 468. The van der Waals surface area contributed by atoms with Crippen LogP contribution in [0.15, 0.2) is 0 Å². The van der Waals surface area contributed by atoms with Crippen molar-refractivity contribution in [1.29, 1.82) is 0 Å². The van der Waals surface area contributed by atoms with Gasteiger partial charge in [-0.05, 0) is 37.4 Å². The van der Waals surface area contributed by atoms with Crippen LogP contribution in [0.5, 0.6) is 0 Å². The standard InChI is InChI=1S/C13H23N5S/c1-2-5-18-12(14-15-13(18)19)17-8-6-16(7-9-17)10-11-3-4-11/h11H,2-10H2,1H3,(H,15,19). The van der Waals surface area contributed by atoms with E-state index in [4.69, 9.17) is 12.2 Å². The van der Waals surface area contributed by atoms with E-state index in [1.54, 1.807) is 0 Å². The fourth-order valence-corrected chi connectivity index (χ4v) is 2.99. The molecule has 0 atom stereocenters. The van der Waals surface area contributed by atoms with Crippen molar-refractivity contribution in [1.82, 2.24) is 19.7 Å². The van der Waals surface area contributed by atoms with E-state index < -0.39 is 0 Å². The first kappa shape index (κ1) is 13.1. The van der Waals surface area contributed by atoms with Gasteiger partial charge in [-0.3, -0.25) is 9.47 Å². The summed E-state index contributed by atoms with van der Waals surface area (Å²) in [6, 6.07) is 0. The second-order valence-corrected chi connectivity index (χ2v) is 6.10. The quantitative estimate of drug-likeness (QED) is 0.837. The Labute approximate surface area is 119 Å². The molecule has 1 aromatic rings. The van der Waals surface area contributed by atoms with Gasteiger partial charge in [0.2, 0.25) is 5.95 Å². The molecule has 6 heteroatoms. The molecular formula is C13H23N5S. The number of hydrogen-bond acceptors (Lipinski definition) is 4. The van der Waals surface area contributed by atoms with Crippen LogP contribution >= 0.6 is 12.2 Å². The number of aromatic nitrogens is 3. The summed E-state index contributed by atoms with van der Waals surface area (Å²) >= 11 is 5.30. The van der Waals surface area contributed by atoms with Gasteiger partial charge in [-0.25, -0.2) is 5.10 Å². The maximum atomic E-state index is 5.30. The highest BCUT2D eigenvalue weighted by atomic mass is 32.1. The molecule has 106 valence electrons. The molecule has 0 unspecified atom stereocenters. The third-order valence-corrected chi connectivity index (χ3v) is 4.37. The Morgan fingerprint density at radius 1 is 1.26 bits per heavy atom. The number of anilines is 1. The summed E-state index contributed by atoms with van der Waals surface area (Å²) in [5.74, 6) is 2.01. The molecule has 1 saturated carbocycles. The van der Waals surface area contributed by atoms with Crippen LogP contribution in [0.4, 0.5) is 5.95 Å². The van der Waals surface area contributed by atoms with Crippen molar-refractivity contribution in [2.45, 2.75) is 32.7 Å². The highest BCUT2D eigenvalue weighted by Gasteiger charge is 2.27. The number of hydrogen-bond donors (Lipinski definition) is 1. The molecular weight excluding hydrogens is 258 g/mol. The van der Waals surface area contributed by atoms with Crippen molar-refractivity contribution in [3.63, 3.8) is 0 Å². The van der Waals surface area contributed by atoms with Crippen LogP contribution in [0.1, 0.15) is 26.2 Å². The molecule has 2 fully saturated rings. The summed E-state index contributed by atoms with van der Waals surface area (Å²) in [5.41, 5.74) is 0. The Balaban J connectivity index is 1.62. The fourth-order valence-electron chi connectivity index (χ4n) is 2.77. The molecule has 1 aromatic heterocycles. The fraction of sp³-hybridized carbons (Fsp3) is 0.846. The van der Waals surface area contributed by atoms with E-state index in [9.17, 15) is 0 Å². The molecule has 0 aromatic carbocycles. The van der Waals surface area contributed by atoms with Crippen LogP contribution in [0, 0.1) is 10.7 Å². The molecule has 1 aliphatic carbocycles. The van der Waals surface area contributed by atoms with Gasteiger partial charge in [0.1, 0.15) is 0 Å². The SMILES string of the molecule is CCCn1c(N2CCN(CC3CC3)CC2)n[nH]c1=S. The first-order valence-corrected chi connectivity index (χ1v) is 7.81. The van der Waals surface area contributed by atoms with E-state index in [2.05, 4.69) is 31.5 Å². The lowest BCUT2D eigenvalue weighted by Crippen LogP contribution is -2.47. The monoisotopic (exact) mass is 281 g/mol. The minimum Gasteiger partial charge on any atom is -0.338 e. The predicted molar refractivity (Wildman–Crippen MR) is 79.1 cm³/mol. The second-order valence-electron chi connectivity index (χ2n) is 5.71. The van der Waals surface area contributed by atoms with Crippen molar-refractivity contribution in [3.8, 4) is 0 Å². The van der Waals surface area contributed by atoms with Crippen LogP contribution in [0.3, 0.4) is 0 Å². The number of aromatic amines is 1. The van der Waals surface area contributed by atoms with Crippen LogP contribution in [0.25, 0.3) is 0 Å². The summed E-state index contributed by atoms with van der Waals surface area (Å²) < 4.78 is 2.88. The molecule has 3 rings (SSSR count). The van der Waals surface area contributed by atoms with Gasteiger partial charge in [0, 0.05) is 39.3 Å². The molecule has 0 spiro atoms. The van der Waals surface area contributed by atoms with Crippen molar-refractivity contribution < 1.29 is 0 Å². The summed E-state index contributed by atoms with van der Waals surface area (Å²) in [6.07, 6.45) is 3.97. The van der Waals surface area contributed by atoms with Gasteiger partial charge < -0.3 is 4.90 Å². The zero-order valence-corrected chi connectivity index (χ0v) is 12.5. The van der Waals surface area contributed by atoms with Crippen LogP contribution in [-0.4, -0.2) is 52.4 Å². The van der Waals surface area contributed by atoms with Crippen molar-refractivity contribution in [2.24, 2.45) is 5.92 Å². The van der Waals surface area contributed by atoms with E-state index in [0.717, 1.165) is 55.8 Å². The topological polar surface area (TPSA) is 40.1 Å². The number of nitrogens with zero attached hydrogens (tertiary/aromatic N) is 4. The highest BCUT2D eigenvalue weighted by Crippen LogP contribution is 2.30. The van der Waals surface area contributed by atoms with Crippen LogP contribution in [0.2, 0.25) is 0 Å². The molecule has 19 heavy (non-hydrogen) atoms. The predicted octanol–water partition coefficient (Wildman–Crippen LogP) is 1.88. The summed E-state index contributed by atoms with van der Waals surface area (Å²) in [4.78, 5) is 4.96. The second kappa shape index (κ2) is 5.63. The Hall–Kier alpha value is -0.880. The third-order valence-electron chi connectivity index (χ3n) is 4.05. The van der Waals surface area contributed by atoms with E-state index >= 15 is 0 Å². The molecule has 1 saturated heterocycles. The highest BCUT2D eigenvalue weighted by molar-refractivity contribution is 7.71. The Morgan fingerprint density at radius 2 is 2.00 bits per heavy atom. The van der Waals surface area contributed by atoms with E-state index in [1.807, 2.05) is 0 Å². The number of rotatable bonds is 5. The molecule has 0 radical (unpaired) electrons. The average Bonchev–Trinajstić information content (AvgIpc) is 3.16. The van der Waals surface area contributed by atoms with Crippen molar-refractivity contribution in [3.05, 3.63) is 4.77 Å². The zero-order valence-electron chi connectivity index (χ0n) is 11.6. The van der Waals surface area contributed by atoms with E-state index in [0.29, 0.717) is 0 Å². The molecule has 2 heterocycles. The van der Waals surface area contributed by atoms with Gasteiger partial charge in [0.25, 0.3) is 0 Å². The molecule has 1 aliphatic heterocycles. The Morgan fingerprint density at radius 3 is 2.63 bits per heavy atom. The molecule has 2 aliphatic rings. The molecule has 0 amide bonds. The van der Waals surface area contributed by atoms with Gasteiger partial charge in [-0.1, -0.05) is 6.92 Å². The lowest BCUT2D eigenvalue weighted by Gasteiger charge is -2.35. The molecule has 5 nitrogen and oxygen atoms in total. The van der Waals surface area contributed by atoms with Gasteiger partial charge in [0.05, 0.1) is 0 Å². The van der Waals surface area contributed by atoms with Crippen LogP contribution < -0.4 is 4.90 Å². The summed E-state index contributed by atoms with van der Waals surface area (Å²) in [5, 5.41) is 7.34. The molecule has 0 bridgehead atoms. The lowest BCUT2D eigenvalue weighted by atomic mass is 10.3. The number of piperazine rings is 1. The zero-order chi connectivity index (χ0) is 13.2. The van der Waals surface area contributed by atoms with Gasteiger partial charge in [-0.2, -0.15) is 0 Å². The normalized spacial score (nSPS) is 21.0. The summed E-state index contributed by atoms with van der Waals surface area (Å²) in [7, 11) is 0. The van der Waals surface area contributed by atoms with Crippen molar-refractivity contribution in [2.75, 3.05) is 37.6 Å². The first-order valence-electron chi connectivity index (χ1n) is 7.40. The van der Waals surface area contributed by atoms with E-state index in [1.165, 1.54) is 19.4 Å².